The Morgan fingerprint density at radius 3 is 2.39 bits per heavy atom. The van der Waals surface area contributed by atoms with E-state index in [0.717, 1.165) is 4.57 Å². The highest BCUT2D eigenvalue weighted by Gasteiger charge is 2.38. The highest BCUT2D eigenvalue weighted by molar-refractivity contribution is 7.67. The third-order valence-corrected chi connectivity index (χ3v) is 5.76. The van der Waals surface area contributed by atoms with E-state index in [1.807, 2.05) is 0 Å². The number of rotatable bonds is 4. The lowest BCUT2D eigenvalue weighted by Crippen LogP contribution is -2.35. The summed E-state index contributed by atoms with van der Waals surface area (Å²) in [6.45, 7) is 0. The van der Waals surface area contributed by atoms with E-state index in [2.05, 4.69) is 10.2 Å². The summed E-state index contributed by atoms with van der Waals surface area (Å²) in [6.07, 6.45) is 0.700. The van der Waals surface area contributed by atoms with E-state index in [0.29, 0.717) is 6.42 Å². The number of hydrogen-bond acceptors (Lipinski definition) is 6. The maximum atomic E-state index is 12.9. The molecule has 11 heteroatoms. The van der Waals surface area contributed by atoms with Gasteiger partial charge in [-0.1, -0.05) is 23.2 Å². The molecule has 0 spiro atoms. The summed E-state index contributed by atoms with van der Waals surface area (Å²) < 4.78 is 12.9. The second-order valence-electron chi connectivity index (χ2n) is 6.19. The van der Waals surface area contributed by atoms with Gasteiger partial charge in [0.25, 0.3) is 0 Å². The maximum Gasteiger partial charge on any atom is 0.343 e. The Morgan fingerprint density at radius 2 is 1.86 bits per heavy atom. The fourth-order valence-corrected chi connectivity index (χ4v) is 4.36. The molecule has 8 nitrogen and oxygen atoms in total. The fourth-order valence-electron chi connectivity index (χ4n) is 3.04. The summed E-state index contributed by atoms with van der Waals surface area (Å²) in [5.74, 6) is -3.05. The highest BCUT2D eigenvalue weighted by Crippen LogP contribution is 2.32. The van der Waals surface area contributed by atoms with Gasteiger partial charge in [-0.3, -0.25) is 19.0 Å². The molecule has 0 amide bonds. The number of nitrogens with one attached hydrogen (secondary N) is 1. The van der Waals surface area contributed by atoms with Crippen molar-refractivity contribution in [2.45, 2.75) is 19.3 Å². The summed E-state index contributed by atoms with van der Waals surface area (Å²) in [7, 11) is 1.40. The Kier molecular flexibility index (Phi) is 5.78. The molecule has 3 rings (SSSR count). The van der Waals surface area contributed by atoms with Gasteiger partial charge in [0.15, 0.2) is 23.2 Å². The van der Waals surface area contributed by atoms with Gasteiger partial charge in [0.2, 0.25) is 0 Å². The lowest BCUT2D eigenvalue weighted by atomic mass is 9.81. The lowest BCUT2D eigenvalue weighted by molar-refractivity contribution is -0.133. The Morgan fingerprint density at radius 1 is 1.21 bits per heavy atom. The summed E-state index contributed by atoms with van der Waals surface area (Å²) in [4.78, 5) is 48.7. The van der Waals surface area contributed by atoms with E-state index in [-0.39, 0.29) is 56.0 Å². The van der Waals surface area contributed by atoms with Crippen LogP contribution in [-0.4, -0.2) is 41.2 Å². The lowest BCUT2D eigenvalue weighted by Gasteiger charge is -2.19. The Labute approximate surface area is 171 Å². The van der Waals surface area contributed by atoms with Gasteiger partial charge in [-0.25, -0.2) is 14.1 Å². The SMILES string of the molecule is Cn1c(C(=S=O)c2c(Cl)ccc(C(=O)C3C(=O)CCCC3=O)c2Cl)n[nH]c1=O. The molecule has 1 heterocycles. The molecule has 0 bridgehead atoms. The molecule has 2 aromatic rings. The monoisotopic (exact) mass is 441 g/mol. The van der Waals surface area contributed by atoms with Crippen molar-refractivity contribution in [3.8, 4) is 0 Å². The van der Waals surface area contributed by atoms with Gasteiger partial charge >= 0.3 is 5.69 Å². The van der Waals surface area contributed by atoms with Crippen molar-refractivity contribution in [3.05, 3.63) is 49.6 Å². The first-order valence-electron chi connectivity index (χ1n) is 8.14. The molecular formula is C17H13Cl2N3O5S. The molecule has 1 aromatic heterocycles. The highest BCUT2D eigenvalue weighted by atomic mass is 35.5. The summed E-state index contributed by atoms with van der Waals surface area (Å²) in [5.41, 5.74) is -0.645. The van der Waals surface area contributed by atoms with Crippen molar-refractivity contribution in [3.63, 3.8) is 0 Å². The standard InChI is InChI=1S/C17H13Cl2N3O5S/c1-22-16(20-21-17(22)26)15(28-27)11-8(18)6-5-7(13(11)19)14(25)12-9(23)3-2-4-10(12)24/h5-6,12H,2-4H2,1H3,(H,21,26). The number of carbonyl (C=O) groups excluding carboxylic acids is 3. The van der Waals surface area contributed by atoms with Gasteiger partial charge in [-0.15, -0.1) is 0 Å². The Bertz CT molecular complexity index is 1110. The fraction of sp³-hybridized carbons (Fsp3) is 0.294. The van der Waals surface area contributed by atoms with Crippen LogP contribution < -0.4 is 5.69 Å². The molecule has 28 heavy (non-hydrogen) atoms. The van der Waals surface area contributed by atoms with E-state index in [9.17, 15) is 23.4 Å². The molecule has 1 aliphatic rings. The van der Waals surface area contributed by atoms with Crippen molar-refractivity contribution in [1.29, 1.82) is 0 Å². The molecule has 1 saturated carbocycles. The number of aromatic nitrogens is 3. The second-order valence-corrected chi connectivity index (χ2v) is 7.55. The van der Waals surface area contributed by atoms with Crippen LogP contribution in [0.1, 0.15) is 41.0 Å². The molecule has 0 atom stereocenters. The summed E-state index contributed by atoms with van der Waals surface area (Å²) in [5, 5.41) is 5.86. The number of H-pyrrole nitrogens is 1. The first-order chi connectivity index (χ1) is 13.3. The number of hydrogen-bond donors (Lipinski definition) is 1. The quantitative estimate of drug-likeness (QED) is 0.434. The number of benzene rings is 1. The third kappa shape index (κ3) is 3.41. The van der Waals surface area contributed by atoms with Gasteiger partial charge in [0.05, 0.1) is 10.0 Å². The Balaban J connectivity index is 2.15. The molecule has 1 fully saturated rings. The van der Waals surface area contributed by atoms with Crippen molar-refractivity contribution in [2.75, 3.05) is 0 Å². The Hall–Kier alpha value is -2.36. The van der Waals surface area contributed by atoms with E-state index < -0.39 is 29.0 Å². The van der Waals surface area contributed by atoms with Crippen LogP contribution in [0.3, 0.4) is 0 Å². The van der Waals surface area contributed by atoms with Gasteiger partial charge in [-0.05, 0) is 18.6 Å². The van der Waals surface area contributed by atoms with Gasteiger partial charge in [0, 0.05) is 31.0 Å². The average molecular weight is 442 g/mol. The van der Waals surface area contributed by atoms with E-state index >= 15 is 0 Å². The first-order valence-corrected chi connectivity index (χ1v) is 9.64. The molecule has 1 aromatic carbocycles. The minimum atomic E-state index is -1.40. The van der Waals surface area contributed by atoms with E-state index in [1.54, 1.807) is 0 Å². The molecule has 1 aliphatic carbocycles. The smallest absolute Gasteiger partial charge is 0.298 e. The zero-order chi connectivity index (χ0) is 20.6. The zero-order valence-corrected chi connectivity index (χ0v) is 16.8. The van der Waals surface area contributed by atoms with E-state index in [1.165, 1.54) is 19.2 Å². The molecule has 0 radical (unpaired) electrons. The molecular weight excluding hydrogens is 429 g/mol. The van der Waals surface area contributed by atoms with Crippen LogP contribution in [0, 0.1) is 5.92 Å². The van der Waals surface area contributed by atoms with Crippen LogP contribution in [0.15, 0.2) is 16.9 Å². The number of ketones is 3. The van der Waals surface area contributed by atoms with Gasteiger partial charge in [0.1, 0.15) is 22.0 Å². The van der Waals surface area contributed by atoms with Crippen molar-refractivity contribution < 1.29 is 18.6 Å². The number of nitrogens with zero attached hydrogens (tertiary/aromatic N) is 2. The molecule has 0 aliphatic heterocycles. The number of aromatic amines is 1. The summed E-state index contributed by atoms with van der Waals surface area (Å²) >= 11 is 12.6. The topological polar surface area (TPSA) is 119 Å². The number of halogens is 2. The van der Waals surface area contributed by atoms with Gasteiger partial charge < -0.3 is 0 Å². The minimum Gasteiger partial charge on any atom is -0.298 e. The van der Waals surface area contributed by atoms with Crippen molar-refractivity contribution in [2.24, 2.45) is 13.0 Å². The second kappa shape index (κ2) is 7.94. The third-order valence-electron chi connectivity index (χ3n) is 4.50. The van der Waals surface area contributed by atoms with Crippen molar-refractivity contribution >= 4 is 56.7 Å². The van der Waals surface area contributed by atoms with Crippen LogP contribution in [0.2, 0.25) is 10.0 Å². The molecule has 0 unspecified atom stereocenters. The number of carbonyl (C=O) groups is 3. The largest absolute Gasteiger partial charge is 0.343 e. The van der Waals surface area contributed by atoms with Crippen LogP contribution in [0.5, 0.6) is 0 Å². The number of Topliss-reactive ketones (excluding diaryl/α,β-unsaturated/α-hetero) is 3. The molecule has 0 saturated heterocycles. The first kappa shape index (κ1) is 20.4. The van der Waals surface area contributed by atoms with Crippen LogP contribution in [0.25, 0.3) is 0 Å². The molecule has 1 N–H and O–H groups in total. The van der Waals surface area contributed by atoms with Crippen LogP contribution in [-0.2, 0) is 27.9 Å². The van der Waals surface area contributed by atoms with E-state index in [4.69, 9.17) is 23.2 Å². The minimum absolute atomic E-state index is 0.000575. The average Bonchev–Trinajstić information content (AvgIpc) is 2.97. The molecule has 146 valence electrons. The summed E-state index contributed by atoms with van der Waals surface area (Å²) in [6, 6.07) is 2.65. The maximum absolute atomic E-state index is 12.9. The predicted octanol–water partition coefficient (Wildman–Crippen LogP) is 1.32. The zero-order valence-electron chi connectivity index (χ0n) is 14.5. The van der Waals surface area contributed by atoms with Crippen LogP contribution >= 0.6 is 23.2 Å². The van der Waals surface area contributed by atoms with Crippen molar-refractivity contribution in [1.82, 2.24) is 14.8 Å². The van der Waals surface area contributed by atoms with Gasteiger partial charge in [-0.2, -0.15) is 5.10 Å². The van der Waals surface area contributed by atoms with Crippen LogP contribution in [0.4, 0.5) is 0 Å². The normalized spacial score (nSPS) is 15.0. The predicted molar refractivity (Wildman–Crippen MR) is 103 cm³/mol.